The third kappa shape index (κ3) is 10.8. The lowest BCUT2D eigenvalue weighted by Crippen LogP contribution is -2.57. The normalized spacial score (nSPS) is 30.0. The van der Waals surface area contributed by atoms with Gasteiger partial charge in [-0.15, -0.1) is 0 Å². The van der Waals surface area contributed by atoms with Crippen LogP contribution in [0.3, 0.4) is 0 Å². The SMILES string of the molecule is C/C(=N\OCCCCCN(CC(=O)O)CC(=O)O)[C@@]1(O)CC[C@H]2[C@@H]3CCC4=C/C(=N/OCCCCCN(CC(=O)O)CC(=O)O)CC[C@]4(C)[C@H]3CC[C@@]21C. The minimum atomic E-state index is -1.05. The summed E-state index contributed by atoms with van der Waals surface area (Å²) in [5, 5.41) is 57.1. The second-order valence-electron chi connectivity index (χ2n) is 16.4. The van der Waals surface area contributed by atoms with E-state index in [1.165, 1.54) is 15.4 Å². The summed E-state index contributed by atoms with van der Waals surface area (Å²) in [6, 6.07) is 0. The smallest absolute Gasteiger partial charge is 0.317 e. The third-order valence-corrected chi connectivity index (χ3v) is 13.0. The van der Waals surface area contributed by atoms with Crippen molar-refractivity contribution in [1.29, 1.82) is 0 Å². The van der Waals surface area contributed by atoms with Gasteiger partial charge in [-0.05, 0) is 139 Å². The fourth-order valence-electron chi connectivity index (χ4n) is 10.2. The lowest BCUT2D eigenvalue weighted by atomic mass is 9.46. The van der Waals surface area contributed by atoms with Crippen LogP contribution in [-0.4, -0.2) is 129 Å². The van der Waals surface area contributed by atoms with Crippen molar-refractivity contribution in [1.82, 2.24) is 9.80 Å². The molecule has 0 aromatic heterocycles. The second kappa shape index (κ2) is 19.3. The second-order valence-corrected chi connectivity index (χ2v) is 16.4. The van der Waals surface area contributed by atoms with Crippen LogP contribution in [0, 0.1) is 28.6 Å². The summed E-state index contributed by atoms with van der Waals surface area (Å²) in [5.41, 5.74) is 1.81. The van der Waals surface area contributed by atoms with Gasteiger partial charge in [0.05, 0.1) is 37.6 Å². The van der Waals surface area contributed by atoms with Gasteiger partial charge < -0.3 is 35.2 Å². The van der Waals surface area contributed by atoms with Crippen LogP contribution in [0.25, 0.3) is 0 Å². The van der Waals surface area contributed by atoms with E-state index in [0.29, 0.717) is 75.5 Å². The molecule has 54 heavy (non-hydrogen) atoms. The Bertz CT molecular complexity index is 1400. The molecule has 0 spiro atoms. The van der Waals surface area contributed by atoms with Crippen molar-refractivity contribution in [3.05, 3.63) is 11.6 Å². The molecule has 6 atom stereocenters. The maximum absolute atomic E-state index is 12.2. The Hall–Kier alpha value is -3.56. The predicted octanol–water partition coefficient (Wildman–Crippen LogP) is 4.73. The highest BCUT2D eigenvalue weighted by atomic mass is 16.6. The molecule has 3 fully saturated rings. The summed E-state index contributed by atoms with van der Waals surface area (Å²) in [7, 11) is 0. The van der Waals surface area contributed by atoms with Crippen LogP contribution >= 0.6 is 0 Å². The van der Waals surface area contributed by atoms with Gasteiger partial charge in [0.15, 0.2) is 0 Å². The quantitative estimate of drug-likeness (QED) is 0.0541. The van der Waals surface area contributed by atoms with Crippen LogP contribution in [0.2, 0.25) is 0 Å². The number of unbranched alkanes of at least 4 members (excludes halogenated alkanes) is 4. The van der Waals surface area contributed by atoms with Gasteiger partial charge in [-0.2, -0.15) is 0 Å². The summed E-state index contributed by atoms with van der Waals surface area (Å²) in [6.45, 7) is 6.96. The summed E-state index contributed by atoms with van der Waals surface area (Å²) in [6.07, 6.45) is 14.1. The molecular weight excluding hydrogens is 700 g/mol. The van der Waals surface area contributed by atoms with E-state index in [2.05, 4.69) is 30.2 Å². The molecule has 5 N–H and O–H groups in total. The molecule has 15 nitrogen and oxygen atoms in total. The van der Waals surface area contributed by atoms with E-state index >= 15 is 0 Å². The molecule has 0 amide bonds. The Morgan fingerprint density at radius 1 is 0.722 bits per heavy atom. The zero-order valence-corrected chi connectivity index (χ0v) is 32.3. The fourth-order valence-corrected chi connectivity index (χ4v) is 10.2. The number of oxime groups is 2. The Kier molecular flexibility index (Phi) is 15.5. The van der Waals surface area contributed by atoms with Crippen LogP contribution in [0.15, 0.2) is 22.0 Å². The number of carboxylic acid groups (broad SMARTS) is 4. The van der Waals surface area contributed by atoms with E-state index < -0.39 is 29.5 Å². The van der Waals surface area contributed by atoms with Crippen molar-refractivity contribution < 1.29 is 54.4 Å². The first-order chi connectivity index (χ1) is 25.6. The van der Waals surface area contributed by atoms with Crippen molar-refractivity contribution in [2.24, 2.45) is 38.9 Å². The molecule has 4 aliphatic carbocycles. The number of hydrogen-bond acceptors (Lipinski definition) is 11. The average Bonchev–Trinajstić information content (AvgIpc) is 3.37. The Balaban J connectivity index is 1.24. The fraction of sp³-hybridized carbons (Fsp3) is 0.795. The highest BCUT2D eigenvalue weighted by Gasteiger charge is 2.65. The van der Waals surface area contributed by atoms with Crippen molar-refractivity contribution in [2.45, 2.75) is 116 Å². The number of aliphatic hydroxyl groups is 1. The molecule has 3 saturated carbocycles. The largest absolute Gasteiger partial charge is 0.480 e. The average molecular weight is 763 g/mol. The summed E-state index contributed by atoms with van der Waals surface area (Å²) in [4.78, 5) is 58.2. The van der Waals surface area contributed by atoms with Crippen LogP contribution in [-0.2, 0) is 28.9 Å². The molecule has 0 unspecified atom stereocenters. The zero-order valence-electron chi connectivity index (χ0n) is 32.3. The molecule has 304 valence electrons. The minimum absolute atomic E-state index is 0.0896. The zero-order chi connectivity index (χ0) is 39.5. The van der Waals surface area contributed by atoms with Gasteiger partial charge in [0.2, 0.25) is 0 Å². The van der Waals surface area contributed by atoms with Crippen molar-refractivity contribution in [3.8, 4) is 0 Å². The maximum atomic E-state index is 12.2. The first-order valence-corrected chi connectivity index (χ1v) is 19.7. The first-order valence-electron chi connectivity index (χ1n) is 19.7. The maximum Gasteiger partial charge on any atom is 0.317 e. The predicted molar refractivity (Wildman–Crippen MR) is 200 cm³/mol. The molecule has 0 aromatic carbocycles. The molecule has 0 aliphatic heterocycles. The number of aliphatic carboxylic acids is 4. The van der Waals surface area contributed by atoms with E-state index in [1.54, 1.807) is 0 Å². The number of allylic oxidation sites excluding steroid dienone is 2. The van der Waals surface area contributed by atoms with Crippen LogP contribution < -0.4 is 0 Å². The number of fused-ring (bicyclic) bond motifs is 5. The van der Waals surface area contributed by atoms with E-state index in [1.807, 2.05) is 6.92 Å². The number of carboxylic acids is 4. The molecule has 4 aliphatic rings. The van der Waals surface area contributed by atoms with Crippen molar-refractivity contribution in [2.75, 3.05) is 52.5 Å². The monoisotopic (exact) mass is 762 g/mol. The standard InChI is InChI=1S/C39H62N4O11/c1-27(40-53-20-8-4-6-18-42(23-33(44)45)24-34(46)47)39(52)17-14-32-30-11-10-28-22-29(12-15-37(28,2)31(30)13-16-38(32,39)3)41-54-21-9-5-7-19-43(25-35(48)49)26-36(50)51/h22,30-32,52H,4-21,23-26H2,1-3H3,(H,44,45)(H,46,47)(H,48,49)(H,50,51)/b40-27+,41-29+/t30-,31+,32+,37+,38+,39+/m1/s1. The Morgan fingerprint density at radius 2 is 1.26 bits per heavy atom. The van der Waals surface area contributed by atoms with Gasteiger partial charge >= 0.3 is 23.9 Å². The van der Waals surface area contributed by atoms with Gasteiger partial charge in [0, 0.05) is 5.41 Å². The summed E-state index contributed by atoms with van der Waals surface area (Å²) < 4.78 is 0. The third-order valence-electron chi connectivity index (χ3n) is 13.0. The van der Waals surface area contributed by atoms with Crippen LogP contribution in [0.1, 0.15) is 111 Å². The molecule has 15 heteroatoms. The lowest BCUT2D eigenvalue weighted by molar-refractivity contribution is -0.143. The van der Waals surface area contributed by atoms with Crippen LogP contribution in [0.4, 0.5) is 0 Å². The molecule has 0 saturated heterocycles. The Labute approximate surface area is 318 Å². The van der Waals surface area contributed by atoms with Crippen molar-refractivity contribution >= 4 is 35.3 Å². The number of carbonyl (C=O) groups is 4. The number of rotatable bonds is 23. The van der Waals surface area contributed by atoms with Gasteiger partial charge in [0.1, 0.15) is 18.8 Å². The van der Waals surface area contributed by atoms with Gasteiger partial charge in [0.25, 0.3) is 0 Å². The Morgan fingerprint density at radius 3 is 1.81 bits per heavy atom. The molecule has 4 rings (SSSR count). The molecule has 0 radical (unpaired) electrons. The van der Waals surface area contributed by atoms with Gasteiger partial charge in [-0.1, -0.05) is 29.7 Å². The minimum Gasteiger partial charge on any atom is -0.480 e. The first kappa shape index (κ1) is 43.2. The number of hydrogen-bond donors (Lipinski definition) is 5. The van der Waals surface area contributed by atoms with E-state index in [9.17, 15) is 24.3 Å². The summed E-state index contributed by atoms with van der Waals surface area (Å²) >= 11 is 0. The molecule has 0 heterocycles. The molecular formula is C39H62N4O11. The number of nitrogens with zero attached hydrogens (tertiary/aromatic N) is 4. The van der Waals surface area contributed by atoms with Gasteiger partial charge in [-0.25, -0.2) is 0 Å². The van der Waals surface area contributed by atoms with E-state index in [-0.39, 0.29) is 37.0 Å². The highest BCUT2D eigenvalue weighted by molar-refractivity contribution is 5.96. The highest BCUT2D eigenvalue weighted by Crippen LogP contribution is 2.67. The van der Waals surface area contributed by atoms with Crippen LogP contribution in [0.5, 0.6) is 0 Å². The van der Waals surface area contributed by atoms with E-state index in [4.69, 9.17) is 30.1 Å². The summed E-state index contributed by atoms with van der Waals surface area (Å²) in [5.74, 6) is -2.73. The molecule has 0 bridgehead atoms. The lowest BCUT2D eigenvalue weighted by Gasteiger charge is -2.59. The molecule has 0 aromatic rings. The van der Waals surface area contributed by atoms with Crippen molar-refractivity contribution in [3.63, 3.8) is 0 Å². The van der Waals surface area contributed by atoms with E-state index in [0.717, 1.165) is 69.9 Å². The topological polar surface area (TPSA) is 219 Å². The van der Waals surface area contributed by atoms with Gasteiger partial charge in [-0.3, -0.25) is 29.0 Å².